The van der Waals surface area contributed by atoms with Gasteiger partial charge in [0.25, 0.3) is 5.91 Å². The van der Waals surface area contributed by atoms with Crippen LogP contribution in [0, 0.1) is 11.8 Å². The fourth-order valence-electron chi connectivity index (χ4n) is 5.18. The van der Waals surface area contributed by atoms with Crippen molar-refractivity contribution in [3.8, 4) is 0 Å². The van der Waals surface area contributed by atoms with Crippen molar-refractivity contribution >= 4 is 98.7 Å². The standard InChI is InChI=1S/C24H16Cl6N2O3/c1-2-11-6-3-4-9-14(11)31-19(33)12-7-5-8-13(10-12)32-20(34)15-16(21(32)35)23(28)18(26)17(25)22(15,27)24(23,29)30/h3-10,15-16H,2H2,1H3,(H,31,33)/t15-,16-,22+,23+/m0/s1. The smallest absolute Gasteiger partial charge is 0.255 e. The topological polar surface area (TPSA) is 66.5 Å². The highest BCUT2D eigenvalue weighted by Crippen LogP contribution is 2.77. The van der Waals surface area contributed by atoms with Crippen LogP contribution in [0.1, 0.15) is 22.8 Å². The molecule has 2 fully saturated rings. The number of hydrogen-bond donors (Lipinski definition) is 1. The second kappa shape index (κ2) is 8.27. The van der Waals surface area contributed by atoms with Crippen molar-refractivity contribution < 1.29 is 14.4 Å². The third-order valence-corrected chi connectivity index (χ3v) is 11.2. The lowest BCUT2D eigenvalue weighted by molar-refractivity contribution is -0.123. The number of carbonyl (C=O) groups excluding carboxylic acids is 3. The lowest BCUT2D eigenvalue weighted by atomic mass is 9.84. The number of fused-ring (bicyclic) bond motifs is 5. The predicted molar refractivity (Wildman–Crippen MR) is 140 cm³/mol. The molecule has 1 saturated heterocycles. The average molecular weight is 593 g/mol. The first kappa shape index (κ1) is 25.2. The van der Waals surface area contributed by atoms with Crippen LogP contribution >= 0.6 is 69.6 Å². The van der Waals surface area contributed by atoms with E-state index in [1.807, 2.05) is 25.1 Å². The first-order chi connectivity index (χ1) is 16.4. The highest BCUT2D eigenvalue weighted by molar-refractivity contribution is 6.67. The van der Waals surface area contributed by atoms with Gasteiger partial charge in [0.05, 0.1) is 27.6 Å². The molecule has 0 radical (unpaired) electrons. The Morgan fingerprint density at radius 3 is 2.06 bits per heavy atom. The zero-order chi connectivity index (χ0) is 25.5. The second-order valence-corrected chi connectivity index (χ2v) is 11.9. The van der Waals surface area contributed by atoms with Crippen LogP contribution in [0.4, 0.5) is 11.4 Å². The quantitative estimate of drug-likeness (QED) is 0.328. The highest BCUT2D eigenvalue weighted by atomic mass is 35.5. The maximum Gasteiger partial charge on any atom is 0.255 e. The fraction of sp³-hybridized carbons (Fsp3) is 0.292. The number of hydrogen-bond acceptors (Lipinski definition) is 3. The van der Waals surface area contributed by atoms with Gasteiger partial charge in [-0.3, -0.25) is 14.4 Å². The van der Waals surface area contributed by atoms with Gasteiger partial charge in [0.1, 0.15) is 9.75 Å². The van der Waals surface area contributed by atoms with Gasteiger partial charge in [-0.15, -0.1) is 23.2 Å². The van der Waals surface area contributed by atoms with Crippen LogP contribution in [-0.2, 0) is 16.0 Å². The molecule has 4 atom stereocenters. The summed E-state index contributed by atoms with van der Waals surface area (Å²) in [7, 11) is 0. The number of amides is 3. The molecule has 35 heavy (non-hydrogen) atoms. The Balaban J connectivity index is 1.50. The van der Waals surface area contributed by atoms with Gasteiger partial charge in [0.15, 0.2) is 4.33 Å². The molecule has 1 N–H and O–H groups in total. The lowest BCUT2D eigenvalue weighted by Crippen LogP contribution is -2.50. The summed E-state index contributed by atoms with van der Waals surface area (Å²) in [4.78, 5) is 37.2. The minimum Gasteiger partial charge on any atom is -0.322 e. The first-order valence-corrected chi connectivity index (χ1v) is 12.9. The van der Waals surface area contributed by atoms with Gasteiger partial charge in [0, 0.05) is 11.3 Å². The Hall–Kier alpha value is -1.47. The molecule has 5 rings (SSSR count). The molecule has 2 aromatic rings. The number of aryl methyl sites for hydroxylation is 1. The summed E-state index contributed by atoms with van der Waals surface area (Å²) >= 11 is 39.2. The molecule has 3 aliphatic rings. The van der Waals surface area contributed by atoms with E-state index in [9.17, 15) is 14.4 Å². The van der Waals surface area contributed by atoms with Crippen LogP contribution in [0.25, 0.3) is 0 Å². The molecule has 0 unspecified atom stereocenters. The van der Waals surface area contributed by atoms with E-state index < -0.39 is 43.6 Å². The van der Waals surface area contributed by atoms with Crippen LogP contribution in [0.15, 0.2) is 58.6 Å². The van der Waals surface area contributed by atoms with Crippen LogP contribution in [0.2, 0.25) is 0 Å². The van der Waals surface area contributed by atoms with Gasteiger partial charge in [-0.05, 0) is 36.2 Å². The van der Waals surface area contributed by atoms with Crippen molar-refractivity contribution in [2.75, 3.05) is 10.2 Å². The zero-order valence-corrected chi connectivity index (χ0v) is 22.5. The van der Waals surface area contributed by atoms with Crippen LogP contribution < -0.4 is 10.2 Å². The van der Waals surface area contributed by atoms with Gasteiger partial charge >= 0.3 is 0 Å². The Morgan fingerprint density at radius 2 is 1.49 bits per heavy atom. The first-order valence-electron chi connectivity index (χ1n) is 10.6. The van der Waals surface area contributed by atoms with Gasteiger partial charge in [0.2, 0.25) is 11.8 Å². The third-order valence-electron chi connectivity index (χ3n) is 6.92. The number of halogens is 6. The number of anilines is 2. The van der Waals surface area contributed by atoms with Gasteiger partial charge < -0.3 is 5.32 Å². The molecule has 11 heteroatoms. The van der Waals surface area contributed by atoms with Crippen molar-refractivity contribution in [2.45, 2.75) is 27.4 Å². The number of nitrogens with one attached hydrogen (secondary N) is 1. The van der Waals surface area contributed by atoms with Crippen LogP contribution in [0.5, 0.6) is 0 Å². The van der Waals surface area contributed by atoms with Crippen molar-refractivity contribution in [3.63, 3.8) is 0 Å². The van der Waals surface area contributed by atoms with Gasteiger partial charge in [-0.2, -0.15) is 0 Å². The van der Waals surface area contributed by atoms with Crippen molar-refractivity contribution in [2.24, 2.45) is 11.8 Å². The number of alkyl halides is 4. The molecular weight excluding hydrogens is 577 g/mol. The molecule has 2 bridgehead atoms. The molecule has 182 valence electrons. The lowest BCUT2D eigenvalue weighted by Gasteiger charge is -2.34. The highest BCUT2D eigenvalue weighted by Gasteiger charge is 2.87. The maximum absolute atomic E-state index is 13.6. The Kier molecular flexibility index (Phi) is 5.95. The summed E-state index contributed by atoms with van der Waals surface area (Å²) in [6.45, 7) is 1.98. The number of carbonyl (C=O) groups is 3. The van der Waals surface area contributed by atoms with E-state index in [0.717, 1.165) is 16.9 Å². The largest absolute Gasteiger partial charge is 0.322 e. The number of benzene rings is 2. The van der Waals surface area contributed by atoms with Crippen molar-refractivity contribution in [1.29, 1.82) is 0 Å². The van der Waals surface area contributed by atoms with E-state index in [4.69, 9.17) is 69.6 Å². The molecule has 3 amide bonds. The summed E-state index contributed by atoms with van der Waals surface area (Å²) < 4.78 is -2.00. The van der Waals surface area contributed by atoms with Crippen molar-refractivity contribution in [3.05, 3.63) is 69.7 Å². The molecule has 1 saturated carbocycles. The predicted octanol–water partition coefficient (Wildman–Crippen LogP) is 6.45. The monoisotopic (exact) mass is 590 g/mol. The van der Waals surface area contributed by atoms with Gasteiger partial charge in [-0.25, -0.2) is 4.90 Å². The molecule has 1 heterocycles. The van der Waals surface area contributed by atoms with E-state index >= 15 is 0 Å². The minimum absolute atomic E-state index is 0.159. The number of rotatable bonds is 4. The molecule has 0 aromatic heterocycles. The molecule has 1 aliphatic heterocycles. The number of allylic oxidation sites excluding steroid dienone is 2. The Morgan fingerprint density at radius 1 is 0.914 bits per heavy atom. The number of nitrogens with zero attached hydrogens (tertiary/aromatic N) is 1. The number of para-hydroxylation sites is 1. The van der Waals surface area contributed by atoms with Crippen LogP contribution in [-0.4, -0.2) is 31.8 Å². The van der Waals surface area contributed by atoms with E-state index in [0.29, 0.717) is 5.69 Å². The number of imide groups is 1. The Labute approximate surface area is 231 Å². The fourth-order valence-corrected chi connectivity index (χ4v) is 8.11. The summed E-state index contributed by atoms with van der Waals surface area (Å²) in [5.41, 5.74) is 2.06. The summed E-state index contributed by atoms with van der Waals surface area (Å²) in [5.74, 6) is -4.25. The van der Waals surface area contributed by atoms with Crippen LogP contribution in [0.3, 0.4) is 0 Å². The minimum atomic E-state index is -2.00. The maximum atomic E-state index is 13.6. The Bertz CT molecular complexity index is 1300. The third kappa shape index (κ3) is 3.06. The molecule has 2 aromatic carbocycles. The molecule has 5 nitrogen and oxygen atoms in total. The molecule has 2 aliphatic carbocycles. The summed E-state index contributed by atoms with van der Waals surface area (Å²) in [6.07, 6.45) is 0.734. The summed E-state index contributed by atoms with van der Waals surface area (Å²) in [6, 6.07) is 13.5. The van der Waals surface area contributed by atoms with Gasteiger partial charge in [-0.1, -0.05) is 77.6 Å². The zero-order valence-electron chi connectivity index (χ0n) is 17.9. The molecule has 0 spiro atoms. The van der Waals surface area contributed by atoms with Crippen molar-refractivity contribution in [1.82, 2.24) is 0 Å². The van der Waals surface area contributed by atoms with E-state index in [1.54, 1.807) is 18.2 Å². The average Bonchev–Trinajstić information content (AvgIpc) is 3.23. The van der Waals surface area contributed by atoms with E-state index in [1.165, 1.54) is 12.1 Å². The van der Waals surface area contributed by atoms with E-state index in [2.05, 4.69) is 5.32 Å². The SMILES string of the molecule is CCc1ccccc1NC(=O)c1cccc(N2C(=O)[C@@H]3[C@@H](C2=O)[C@@]2(Cl)C(Cl)=C(Cl)[C@@]3(Cl)C2(Cl)Cl)c1. The summed E-state index contributed by atoms with van der Waals surface area (Å²) in [5, 5.41) is 2.55. The second-order valence-electron chi connectivity index (χ2n) is 8.61. The molecular formula is C24H16Cl6N2O3. The van der Waals surface area contributed by atoms with E-state index in [-0.39, 0.29) is 21.3 Å². The normalized spacial score (nSPS) is 30.8.